The molecule has 1 heterocycles. The minimum atomic E-state index is -0.256. The van der Waals surface area contributed by atoms with E-state index in [0.29, 0.717) is 41.4 Å². The lowest BCUT2D eigenvalue weighted by Crippen LogP contribution is -2.41. The zero-order valence-electron chi connectivity index (χ0n) is 46.1. The van der Waals surface area contributed by atoms with Gasteiger partial charge in [-0.2, -0.15) is 0 Å². The van der Waals surface area contributed by atoms with Crippen LogP contribution in [0.3, 0.4) is 0 Å². The van der Waals surface area contributed by atoms with E-state index in [9.17, 15) is 9.59 Å². The van der Waals surface area contributed by atoms with E-state index in [1.807, 2.05) is 54.6 Å². The first kappa shape index (κ1) is 57.4. The number of nitrogens with one attached hydrogen (secondary N) is 2. The minimum Gasteiger partial charge on any atom is -0.399 e. The van der Waals surface area contributed by atoms with Gasteiger partial charge in [0.15, 0.2) is 0 Å². The number of benzene rings is 6. The summed E-state index contributed by atoms with van der Waals surface area (Å²) in [7, 11) is -0.240. The molecule has 7 aliphatic rings. The molecule has 0 aromatic heterocycles. The second-order valence-electron chi connectivity index (χ2n) is 23.4. The van der Waals surface area contributed by atoms with Crippen LogP contribution in [0.25, 0.3) is 33.4 Å². The highest BCUT2D eigenvalue weighted by Crippen LogP contribution is 2.59. The Hall–Kier alpha value is -6.28. The topological polar surface area (TPSA) is 76.7 Å². The fourth-order valence-corrected chi connectivity index (χ4v) is 12.7. The summed E-state index contributed by atoms with van der Waals surface area (Å²) in [4.78, 5) is 22.7. The van der Waals surface area contributed by atoms with Crippen LogP contribution in [0, 0.1) is 30.6 Å². The normalized spacial score (nSPS) is 21.8. The molecule has 6 aromatic rings. The highest BCUT2D eigenvalue weighted by Gasteiger charge is 2.52. The highest BCUT2D eigenvalue weighted by atomic mass is 16.7. The zero-order chi connectivity index (χ0) is 52.8. The number of hydrogen-bond donors (Lipinski definition) is 2. The summed E-state index contributed by atoms with van der Waals surface area (Å²) >= 11 is 0. The number of aryl methyl sites for hydroxylation is 1. The molecule has 7 heteroatoms. The summed E-state index contributed by atoms with van der Waals surface area (Å²) in [5.41, 5.74) is 20.7. The fraction of sp³-hybridized carbons (Fsp3) is 0.391. The summed E-state index contributed by atoms with van der Waals surface area (Å²) in [6.45, 7) is 27.7. The van der Waals surface area contributed by atoms with E-state index >= 15 is 0 Å². The Bertz CT molecular complexity index is 3060. The van der Waals surface area contributed by atoms with Gasteiger partial charge in [-0.05, 0) is 176 Å². The minimum absolute atomic E-state index is 0. The molecule has 2 amide bonds. The number of hydrogen-bond acceptors (Lipinski definition) is 4. The van der Waals surface area contributed by atoms with E-state index in [-0.39, 0.29) is 45.0 Å². The lowest BCUT2D eigenvalue weighted by molar-refractivity contribution is -0.115. The Morgan fingerprint density at radius 3 is 1.29 bits per heavy atom. The highest BCUT2D eigenvalue weighted by molar-refractivity contribution is 6.62. The van der Waals surface area contributed by atoms with Gasteiger partial charge in [0.05, 0.1) is 11.2 Å². The predicted octanol–water partition coefficient (Wildman–Crippen LogP) is 17.5. The van der Waals surface area contributed by atoms with Crippen molar-refractivity contribution in [1.29, 1.82) is 0 Å². The van der Waals surface area contributed by atoms with Gasteiger partial charge in [0.2, 0.25) is 11.8 Å². The molecule has 398 valence electrons. The van der Waals surface area contributed by atoms with Gasteiger partial charge in [0.1, 0.15) is 0 Å². The molecule has 6 aromatic carbocycles. The van der Waals surface area contributed by atoms with E-state index in [4.69, 9.17) is 9.31 Å². The van der Waals surface area contributed by atoms with Crippen molar-refractivity contribution < 1.29 is 18.9 Å². The first-order chi connectivity index (χ1) is 35.2. The zero-order valence-corrected chi connectivity index (χ0v) is 46.1. The summed E-state index contributed by atoms with van der Waals surface area (Å²) in [5, 5.41) is 5.74. The molecule has 0 saturated carbocycles. The molecule has 6 unspecified atom stereocenters. The molecular formula is C69H85BN2O4. The Morgan fingerprint density at radius 1 is 0.500 bits per heavy atom. The molecular weight excluding hydrogens is 932 g/mol. The van der Waals surface area contributed by atoms with Crippen LogP contribution < -0.4 is 16.1 Å². The molecule has 0 radical (unpaired) electrons. The van der Waals surface area contributed by atoms with Gasteiger partial charge in [-0.3, -0.25) is 9.59 Å². The van der Waals surface area contributed by atoms with Crippen molar-refractivity contribution in [2.45, 2.75) is 153 Å². The maximum Gasteiger partial charge on any atom is 0.494 e. The standard InChI is InChI=1S/C30H31NO.C25H29NO.C12H17BO2.2CH4/c1-18(2)26-17-27-19(3)16-28(26)30-24(21-8-6-5-7-9-21)14-15-25(29(27)30)22-10-12-23(13-11-22)31-20(4)32;1-14(2)21-13-22-16(4)12-23(21)24-15(3)6-11-20(25(22)24)18-7-9-19(10-8-18)26-17(5)27;1-11(2)12(3,4)15-13(14-11)10-8-6-5-7-9-10;;/h5-16,18,26-28H,17H2,1-4H3,(H,31,32);6-12,14,21-23H,13H2,1-5H3,(H,26,27);5-9H,1-4H3;2*1H4. The third kappa shape index (κ3) is 11.4. The first-order valence-electron chi connectivity index (χ1n) is 27.1. The van der Waals surface area contributed by atoms with Crippen molar-refractivity contribution >= 4 is 35.8 Å². The Balaban J connectivity index is 0.000000174. The van der Waals surface area contributed by atoms with Gasteiger partial charge >= 0.3 is 7.12 Å². The van der Waals surface area contributed by atoms with Crippen LogP contribution in [-0.2, 0) is 18.9 Å². The van der Waals surface area contributed by atoms with Crippen molar-refractivity contribution in [3.05, 3.63) is 185 Å². The third-order valence-corrected chi connectivity index (χ3v) is 17.2. The van der Waals surface area contributed by atoms with E-state index < -0.39 is 0 Å². The molecule has 6 aliphatic carbocycles. The van der Waals surface area contributed by atoms with Crippen LogP contribution in [0.1, 0.15) is 162 Å². The summed E-state index contributed by atoms with van der Waals surface area (Å²) in [5.74, 6) is 4.71. The van der Waals surface area contributed by atoms with Gasteiger partial charge in [0.25, 0.3) is 0 Å². The second kappa shape index (κ2) is 23.1. The van der Waals surface area contributed by atoms with E-state index in [1.54, 1.807) is 25.0 Å². The van der Waals surface area contributed by atoms with Crippen LogP contribution in [0.15, 0.2) is 157 Å². The van der Waals surface area contributed by atoms with Gasteiger partial charge in [-0.25, -0.2) is 0 Å². The van der Waals surface area contributed by atoms with E-state index in [2.05, 4.69) is 178 Å². The van der Waals surface area contributed by atoms with E-state index in [1.165, 1.54) is 74.1 Å². The number of fused-ring (bicyclic) bond motifs is 2. The molecule has 6 nitrogen and oxygen atoms in total. The quantitative estimate of drug-likeness (QED) is 0.118. The van der Waals surface area contributed by atoms with Crippen molar-refractivity contribution in [3.8, 4) is 33.4 Å². The molecule has 1 aliphatic heterocycles. The van der Waals surface area contributed by atoms with Gasteiger partial charge in [0, 0.05) is 48.9 Å². The van der Waals surface area contributed by atoms with Crippen molar-refractivity contribution in [3.63, 3.8) is 0 Å². The lowest BCUT2D eigenvalue weighted by atomic mass is 9.58. The maximum absolute atomic E-state index is 11.4. The van der Waals surface area contributed by atoms with Crippen LogP contribution >= 0.6 is 0 Å². The second-order valence-corrected chi connectivity index (χ2v) is 23.4. The number of anilines is 2. The van der Waals surface area contributed by atoms with Crippen LogP contribution in [0.5, 0.6) is 0 Å². The van der Waals surface area contributed by atoms with Gasteiger partial charge in [-0.1, -0.05) is 175 Å². The summed E-state index contributed by atoms with van der Waals surface area (Å²) in [6.07, 6.45) is 7.58. The average molecular weight is 1020 g/mol. The first-order valence-corrected chi connectivity index (χ1v) is 27.1. The average Bonchev–Trinajstić information content (AvgIpc) is 3.68. The molecule has 6 atom stereocenters. The number of carbonyl (C=O) groups is 2. The smallest absolute Gasteiger partial charge is 0.399 e. The molecule has 1 saturated heterocycles. The molecule has 2 N–H and O–H groups in total. The molecule has 13 rings (SSSR count). The predicted molar refractivity (Wildman–Crippen MR) is 323 cm³/mol. The van der Waals surface area contributed by atoms with Crippen molar-refractivity contribution in [2.75, 3.05) is 10.6 Å². The van der Waals surface area contributed by atoms with Crippen molar-refractivity contribution in [1.82, 2.24) is 0 Å². The van der Waals surface area contributed by atoms with Crippen LogP contribution in [0.2, 0.25) is 0 Å². The molecule has 1 fully saturated rings. The van der Waals surface area contributed by atoms with Crippen molar-refractivity contribution in [2.24, 2.45) is 23.7 Å². The van der Waals surface area contributed by atoms with Crippen LogP contribution in [0.4, 0.5) is 11.4 Å². The summed E-state index contributed by atoms with van der Waals surface area (Å²) < 4.78 is 11.9. The van der Waals surface area contributed by atoms with E-state index in [0.717, 1.165) is 22.8 Å². The van der Waals surface area contributed by atoms with Crippen LogP contribution in [-0.4, -0.2) is 30.1 Å². The SMILES string of the molecule is C.C.CC(=O)Nc1ccc(-c2ccc(-c3ccccc3)c3c2C2CC(C(C)C)C3C=C2C)cc1.CC(=O)Nc1ccc(-c2ccc(C)c3c2C2CC(C(C)C)C3C=C2C)cc1.CC1(C)OB(c2ccccc2)OC1(C)C. The third-order valence-electron chi connectivity index (χ3n) is 17.2. The number of allylic oxidation sites excluding steroid dienone is 4. The fourth-order valence-electron chi connectivity index (χ4n) is 12.7. The van der Waals surface area contributed by atoms with Gasteiger partial charge < -0.3 is 19.9 Å². The monoisotopic (exact) mass is 1020 g/mol. The Morgan fingerprint density at radius 2 is 0.868 bits per heavy atom. The summed E-state index contributed by atoms with van der Waals surface area (Å²) in [6, 6.07) is 46.7. The molecule has 76 heavy (non-hydrogen) atoms. The number of amides is 2. The number of rotatable bonds is 8. The Labute approximate surface area is 457 Å². The largest absolute Gasteiger partial charge is 0.494 e. The Kier molecular flexibility index (Phi) is 17.5. The molecule has 4 bridgehead atoms. The maximum atomic E-state index is 11.4. The van der Waals surface area contributed by atoms with Gasteiger partial charge in [-0.15, -0.1) is 0 Å². The number of carbonyl (C=O) groups excluding carboxylic acids is 2. The lowest BCUT2D eigenvalue weighted by Gasteiger charge is -2.46. The molecule has 0 spiro atoms.